The van der Waals surface area contributed by atoms with Crippen molar-refractivity contribution in [2.75, 3.05) is 13.1 Å². The average molecular weight is 261 g/mol. The number of rotatable bonds is 3. The Labute approximate surface area is 114 Å². The van der Waals surface area contributed by atoms with Gasteiger partial charge in [0.05, 0.1) is 6.54 Å². The lowest BCUT2D eigenvalue weighted by Gasteiger charge is -2.40. The normalized spacial score (nSPS) is 32.2. The molecule has 1 aliphatic heterocycles. The molecule has 3 aliphatic rings. The maximum Gasteiger partial charge on any atom is 0.240 e. The van der Waals surface area contributed by atoms with Gasteiger partial charge >= 0.3 is 0 Å². The highest BCUT2D eigenvalue weighted by atomic mass is 16.5. The zero-order valence-corrected chi connectivity index (χ0v) is 11.6. The largest absolute Gasteiger partial charge is 0.338 e. The summed E-state index contributed by atoms with van der Waals surface area (Å²) in [5, 5.41) is 4.11. The van der Waals surface area contributed by atoms with E-state index in [-0.39, 0.29) is 0 Å². The van der Waals surface area contributed by atoms with E-state index in [4.69, 9.17) is 4.52 Å². The monoisotopic (exact) mass is 261 g/mol. The Morgan fingerprint density at radius 1 is 1.05 bits per heavy atom. The summed E-state index contributed by atoms with van der Waals surface area (Å²) in [5.41, 5.74) is 0. The van der Waals surface area contributed by atoms with Gasteiger partial charge < -0.3 is 4.52 Å². The molecule has 0 radical (unpaired) electrons. The molecular formula is C15H23N3O. The standard InChI is InChI=1S/C15H23N3O/c1-2-4-13-9-18(8-7-11(13)3-1)10-14-16-15(17-19-14)12-5-6-12/h11-13H,1-10H2. The van der Waals surface area contributed by atoms with E-state index in [0.29, 0.717) is 5.92 Å². The molecule has 2 saturated carbocycles. The second-order valence-corrected chi connectivity index (χ2v) is 6.65. The van der Waals surface area contributed by atoms with Gasteiger partial charge in [-0.25, -0.2) is 0 Å². The van der Waals surface area contributed by atoms with Gasteiger partial charge in [-0.05, 0) is 44.1 Å². The van der Waals surface area contributed by atoms with Gasteiger partial charge in [0.1, 0.15) is 0 Å². The molecular weight excluding hydrogens is 238 g/mol. The van der Waals surface area contributed by atoms with Crippen molar-refractivity contribution in [1.29, 1.82) is 0 Å². The van der Waals surface area contributed by atoms with Gasteiger partial charge in [-0.2, -0.15) is 4.98 Å². The van der Waals surface area contributed by atoms with Crippen LogP contribution in [0.4, 0.5) is 0 Å². The first kappa shape index (κ1) is 11.9. The molecule has 0 bridgehead atoms. The number of piperidine rings is 1. The van der Waals surface area contributed by atoms with Crippen molar-refractivity contribution < 1.29 is 4.52 Å². The Morgan fingerprint density at radius 2 is 1.89 bits per heavy atom. The van der Waals surface area contributed by atoms with E-state index in [0.717, 1.165) is 30.1 Å². The van der Waals surface area contributed by atoms with Crippen LogP contribution >= 0.6 is 0 Å². The Morgan fingerprint density at radius 3 is 2.74 bits per heavy atom. The molecule has 4 nitrogen and oxygen atoms in total. The lowest BCUT2D eigenvalue weighted by atomic mass is 9.75. The first-order valence-electron chi connectivity index (χ1n) is 7.93. The second kappa shape index (κ2) is 4.89. The Kier molecular flexibility index (Phi) is 3.06. The SMILES string of the molecule is C1CCC2CN(Cc3nc(C4CC4)no3)CCC2C1. The van der Waals surface area contributed by atoms with Crippen molar-refractivity contribution in [3.63, 3.8) is 0 Å². The third-order valence-corrected chi connectivity index (χ3v) is 5.16. The predicted octanol–water partition coefficient (Wildman–Crippen LogP) is 2.96. The van der Waals surface area contributed by atoms with E-state index in [1.807, 2.05) is 0 Å². The fourth-order valence-corrected chi connectivity index (χ4v) is 3.85. The molecule has 19 heavy (non-hydrogen) atoms. The zero-order valence-electron chi connectivity index (χ0n) is 11.6. The van der Waals surface area contributed by atoms with Crippen LogP contribution in [0.25, 0.3) is 0 Å². The van der Waals surface area contributed by atoms with E-state index in [1.165, 1.54) is 58.0 Å². The first-order valence-corrected chi connectivity index (χ1v) is 7.93. The van der Waals surface area contributed by atoms with Gasteiger partial charge in [0.2, 0.25) is 5.89 Å². The summed E-state index contributed by atoms with van der Waals surface area (Å²) in [5.74, 6) is 4.29. The minimum atomic E-state index is 0.599. The zero-order chi connectivity index (χ0) is 12.7. The molecule has 0 N–H and O–H groups in total. The van der Waals surface area contributed by atoms with Crippen LogP contribution in [0.3, 0.4) is 0 Å². The minimum Gasteiger partial charge on any atom is -0.338 e. The summed E-state index contributed by atoms with van der Waals surface area (Å²) in [6.45, 7) is 3.32. The highest BCUT2D eigenvalue weighted by molar-refractivity contribution is 5.03. The molecule has 0 spiro atoms. The van der Waals surface area contributed by atoms with E-state index in [9.17, 15) is 0 Å². The maximum absolute atomic E-state index is 5.40. The van der Waals surface area contributed by atoms with E-state index >= 15 is 0 Å². The minimum absolute atomic E-state index is 0.599. The third-order valence-electron chi connectivity index (χ3n) is 5.16. The Bertz CT molecular complexity index is 440. The molecule has 0 amide bonds. The lowest BCUT2D eigenvalue weighted by Crippen LogP contribution is -2.41. The topological polar surface area (TPSA) is 42.2 Å². The highest BCUT2D eigenvalue weighted by Gasteiger charge is 2.32. The Hall–Kier alpha value is -0.900. The van der Waals surface area contributed by atoms with Gasteiger partial charge in [0, 0.05) is 12.5 Å². The number of fused-ring (bicyclic) bond motifs is 1. The van der Waals surface area contributed by atoms with E-state index in [1.54, 1.807) is 0 Å². The molecule has 3 fully saturated rings. The average Bonchev–Trinajstić information content (AvgIpc) is 3.20. The molecule has 1 aromatic rings. The fraction of sp³-hybridized carbons (Fsp3) is 0.867. The van der Waals surface area contributed by atoms with Gasteiger partial charge in [0.15, 0.2) is 5.82 Å². The number of likely N-dealkylation sites (tertiary alicyclic amines) is 1. The van der Waals surface area contributed by atoms with E-state index < -0.39 is 0 Å². The van der Waals surface area contributed by atoms with Crippen molar-refractivity contribution in [3.05, 3.63) is 11.7 Å². The third kappa shape index (κ3) is 2.55. The lowest BCUT2D eigenvalue weighted by molar-refractivity contribution is 0.0747. The van der Waals surface area contributed by atoms with Crippen LogP contribution in [0.5, 0.6) is 0 Å². The van der Waals surface area contributed by atoms with E-state index in [2.05, 4.69) is 15.0 Å². The van der Waals surface area contributed by atoms with Crippen LogP contribution in [0.2, 0.25) is 0 Å². The van der Waals surface area contributed by atoms with Crippen LogP contribution in [-0.4, -0.2) is 28.1 Å². The van der Waals surface area contributed by atoms with Crippen LogP contribution in [0.1, 0.15) is 62.6 Å². The highest BCUT2D eigenvalue weighted by Crippen LogP contribution is 2.38. The van der Waals surface area contributed by atoms with Gasteiger partial charge in [-0.15, -0.1) is 0 Å². The summed E-state index contributed by atoms with van der Waals surface area (Å²) in [4.78, 5) is 7.08. The molecule has 4 rings (SSSR count). The maximum atomic E-state index is 5.40. The van der Waals surface area contributed by atoms with Crippen molar-refractivity contribution in [1.82, 2.24) is 15.0 Å². The number of nitrogens with zero attached hydrogens (tertiary/aromatic N) is 3. The smallest absolute Gasteiger partial charge is 0.240 e. The molecule has 0 aromatic carbocycles. The van der Waals surface area contributed by atoms with Crippen LogP contribution in [-0.2, 0) is 6.54 Å². The quantitative estimate of drug-likeness (QED) is 0.839. The molecule has 1 aromatic heterocycles. The van der Waals surface area contributed by atoms with Gasteiger partial charge in [-0.1, -0.05) is 24.4 Å². The predicted molar refractivity (Wildman–Crippen MR) is 71.6 cm³/mol. The first-order chi connectivity index (χ1) is 9.38. The van der Waals surface area contributed by atoms with Crippen LogP contribution < -0.4 is 0 Å². The van der Waals surface area contributed by atoms with Crippen molar-refractivity contribution in [2.24, 2.45) is 11.8 Å². The number of hydrogen-bond donors (Lipinski definition) is 0. The summed E-state index contributed by atoms with van der Waals surface area (Å²) >= 11 is 0. The number of aromatic nitrogens is 2. The molecule has 2 unspecified atom stereocenters. The van der Waals surface area contributed by atoms with Crippen molar-refractivity contribution in [3.8, 4) is 0 Å². The van der Waals surface area contributed by atoms with Crippen LogP contribution in [0, 0.1) is 11.8 Å². The molecule has 2 heterocycles. The second-order valence-electron chi connectivity index (χ2n) is 6.65. The molecule has 2 aliphatic carbocycles. The van der Waals surface area contributed by atoms with Crippen molar-refractivity contribution >= 4 is 0 Å². The van der Waals surface area contributed by atoms with Gasteiger partial charge in [0.25, 0.3) is 0 Å². The molecule has 104 valence electrons. The Balaban J connectivity index is 1.36. The molecule has 2 atom stereocenters. The summed E-state index contributed by atoms with van der Waals surface area (Å²) in [6.07, 6.45) is 9.63. The molecule has 1 saturated heterocycles. The molecule has 4 heteroatoms. The summed E-state index contributed by atoms with van der Waals surface area (Å²) in [6, 6.07) is 0. The fourth-order valence-electron chi connectivity index (χ4n) is 3.85. The van der Waals surface area contributed by atoms with Crippen LogP contribution in [0.15, 0.2) is 4.52 Å². The van der Waals surface area contributed by atoms with Gasteiger partial charge in [-0.3, -0.25) is 4.90 Å². The summed E-state index contributed by atoms with van der Waals surface area (Å²) in [7, 11) is 0. The van der Waals surface area contributed by atoms with Crippen molar-refractivity contribution in [2.45, 2.75) is 57.4 Å². The number of hydrogen-bond acceptors (Lipinski definition) is 4. The summed E-state index contributed by atoms with van der Waals surface area (Å²) < 4.78 is 5.40.